The fourth-order valence-corrected chi connectivity index (χ4v) is 4.16. The molecular formula is C14H6ClF3N2OS3. The standard InChI is InChI=1S/C14H6ClF3N2OS3/c15-9-2-1-6(14(16,17)18)3-8(9)12-19-5-7(23-12)4-10-11(21)20-13(22)24-10/h1-5H,(H,20,21,22). The Balaban J connectivity index is 1.95. The lowest BCUT2D eigenvalue weighted by atomic mass is 10.1. The SMILES string of the molecule is O=C1NC(=S)SC1=Cc1cnc(-c2cc(C(F)(F)F)ccc2Cl)s1. The van der Waals surface area contributed by atoms with Crippen molar-refractivity contribution in [1.82, 2.24) is 10.3 Å². The summed E-state index contributed by atoms with van der Waals surface area (Å²) in [5.74, 6) is -0.308. The van der Waals surface area contributed by atoms with Gasteiger partial charge in [0.15, 0.2) is 0 Å². The van der Waals surface area contributed by atoms with Gasteiger partial charge in [-0.15, -0.1) is 11.3 Å². The first-order valence-corrected chi connectivity index (χ1v) is 8.74. The van der Waals surface area contributed by atoms with E-state index in [1.807, 2.05) is 0 Å². The Morgan fingerprint density at radius 2 is 2.08 bits per heavy atom. The number of rotatable bonds is 2. The van der Waals surface area contributed by atoms with Gasteiger partial charge in [0, 0.05) is 16.6 Å². The van der Waals surface area contributed by atoms with Gasteiger partial charge in [-0.3, -0.25) is 4.79 Å². The third-order valence-electron chi connectivity index (χ3n) is 2.96. The summed E-state index contributed by atoms with van der Waals surface area (Å²) in [5.41, 5.74) is -0.603. The Hall–Kier alpha value is -1.42. The molecule has 10 heteroatoms. The minimum Gasteiger partial charge on any atom is -0.307 e. The summed E-state index contributed by atoms with van der Waals surface area (Å²) < 4.78 is 38.9. The Bertz CT molecular complexity index is 876. The van der Waals surface area contributed by atoms with Crippen molar-refractivity contribution in [1.29, 1.82) is 0 Å². The molecule has 24 heavy (non-hydrogen) atoms. The number of benzene rings is 1. The maximum atomic E-state index is 12.8. The number of alkyl halides is 3. The van der Waals surface area contributed by atoms with Gasteiger partial charge in [0.25, 0.3) is 5.91 Å². The van der Waals surface area contributed by atoms with Crippen molar-refractivity contribution in [3.63, 3.8) is 0 Å². The molecule has 1 aromatic heterocycles. The first kappa shape index (κ1) is 17.4. The Labute approximate surface area is 152 Å². The molecule has 3 nitrogen and oxygen atoms in total. The van der Waals surface area contributed by atoms with Crippen LogP contribution in [0.25, 0.3) is 16.6 Å². The van der Waals surface area contributed by atoms with E-state index in [-0.39, 0.29) is 16.5 Å². The molecule has 1 amide bonds. The number of thiazole rings is 1. The van der Waals surface area contributed by atoms with E-state index in [9.17, 15) is 18.0 Å². The molecule has 3 rings (SSSR count). The van der Waals surface area contributed by atoms with Crippen LogP contribution >= 0.6 is 46.9 Å². The monoisotopic (exact) mass is 406 g/mol. The van der Waals surface area contributed by atoms with Gasteiger partial charge in [-0.25, -0.2) is 4.98 Å². The number of nitrogens with zero attached hydrogens (tertiary/aromatic N) is 1. The number of carbonyl (C=O) groups is 1. The van der Waals surface area contributed by atoms with Gasteiger partial charge in [0.2, 0.25) is 0 Å². The Morgan fingerprint density at radius 1 is 1.33 bits per heavy atom. The van der Waals surface area contributed by atoms with Gasteiger partial charge in [-0.1, -0.05) is 35.6 Å². The van der Waals surface area contributed by atoms with E-state index in [0.717, 1.165) is 35.2 Å². The predicted molar refractivity (Wildman–Crippen MR) is 93.9 cm³/mol. The van der Waals surface area contributed by atoms with E-state index in [1.165, 1.54) is 12.3 Å². The highest BCUT2D eigenvalue weighted by molar-refractivity contribution is 8.26. The molecule has 1 fully saturated rings. The van der Waals surface area contributed by atoms with Crippen molar-refractivity contribution in [3.8, 4) is 10.6 Å². The molecule has 1 aliphatic rings. The molecule has 1 saturated heterocycles. The van der Waals surface area contributed by atoms with Crippen molar-refractivity contribution in [2.45, 2.75) is 6.18 Å². The van der Waals surface area contributed by atoms with E-state index in [4.69, 9.17) is 23.8 Å². The summed E-state index contributed by atoms with van der Waals surface area (Å²) in [6.45, 7) is 0. The molecule has 0 radical (unpaired) electrons. The molecule has 1 aliphatic heterocycles. The van der Waals surface area contributed by atoms with E-state index < -0.39 is 11.7 Å². The van der Waals surface area contributed by atoms with Crippen LogP contribution < -0.4 is 5.32 Å². The van der Waals surface area contributed by atoms with E-state index in [2.05, 4.69) is 10.3 Å². The Kier molecular flexibility index (Phi) is 4.69. The van der Waals surface area contributed by atoms with Crippen LogP contribution in [-0.4, -0.2) is 15.2 Å². The van der Waals surface area contributed by atoms with Crippen molar-refractivity contribution in [2.75, 3.05) is 0 Å². The van der Waals surface area contributed by atoms with Crippen LogP contribution in [-0.2, 0) is 11.0 Å². The molecule has 2 heterocycles. The second kappa shape index (κ2) is 6.47. The first-order chi connectivity index (χ1) is 11.2. The lowest BCUT2D eigenvalue weighted by molar-refractivity contribution is -0.137. The summed E-state index contributed by atoms with van der Waals surface area (Å²) in [6.07, 6.45) is -1.41. The fraction of sp³-hybridized carbons (Fsp3) is 0.0714. The molecule has 2 aromatic rings. The van der Waals surface area contributed by atoms with Crippen molar-refractivity contribution in [2.24, 2.45) is 0 Å². The molecule has 0 spiro atoms. The predicted octanol–water partition coefficient (Wildman–Crippen LogP) is 4.97. The number of hydrogen-bond donors (Lipinski definition) is 1. The lowest BCUT2D eigenvalue weighted by Crippen LogP contribution is -2.17. The fourth-order valence-electron chi connectivity index (χ4n) is 1.89. The number of thiocarbonyl (C=S) groups is 1. The second-order valence-corrected chi connectivity index (χ2v) is 7.80. The molecule has 1 N–H and O–H groups in total. The number of thioether (sulfide) groups is 1. The minimum atomic E-state index is -4.46. The van der Waals surface area contributed by atoms with Crippen LogP contribution in [0.1, 0.15) is 10.4 Å². The zero-order valence-electron chi connectivity index (χ0n) is 11.5. The van der Waals surface area contributed by atoms with Gasteiger partial charge in [-0.05, 0) is 24.3 Å². The maximum Gasteiger partial charge on any atom is 0.416 e. The number of amides is 1. The van der Waals surface area contributed by atoms with Crippen molar-refractivity contribution < 1.29 is 18.0 Å². The average molecular weight is 407 g/mol. The van der Waals surface area contributed by atoms with Crippen molar-refractivity contribution in [3.05, 3.63) is 44.8 Å². The molecule has 0 unspecified atom stereocenters. The van der Waals surface area contributed by atoms with Crippen LogP contribution in [0.15, 0.2) is 29.3 Å². The Morgan fingerprint density at radius 3 is 2.71 bits per heavy atom. The highest BCUT2D eigenvalue weighted by Gasteiger charge is 2.31. The zero-order chi connectivity index (χ0) is 17.5. The van der Waals surface area contributed by atoms with Gasteiger partial charge in [0.1, 0.15) is 9.33 Å². The largest absolute Gasteiger partial charge is 0.416 e. The number of nitrogens with one attached hydrogen (secondary N) is 1. The third-order valence-corrected chi connectivity index (χ3v) is 5.43. The van der Waals surface area contributed by atoms with Gasteiger partial charge >= 0.3 is 6.18 Å². The molecule has 0 saturated carbocycles. The number of hydrogen-bond acceptors (Lipinski definition) is 5. The highest BCUT2D eigenvalue weighted by Crippen LogP contribution is 2.38. The smallest absolute Gasteiger partial charge is 0.307 e. The molecule has 124 valence electrons. The van der Waals surface area contributed by atoms with Crippen LogP contribution in [0, 0.1) is 0 Å². The highest BCUT2D eigenvalue weighted by atomic mass is 35.5. The zero-order valence-corrected chi connectivity index (χ0v) is 14.7. The molecule has 0 bridgehead atoms. The van der Waals surface area contributed by atoms with Crippen LogP contribution in [0.4, 0.5) is 13.2 Å². The molecule has 1 aromatic carbocycles. The van der Waals surface area contributed by atoms with Crippen molar-refractivity contribution >= 4 is 63.2 Å². The van der Waals surface area contributed by atoms with Gasteiger partial charge < -0.3 is 5.32 Å². The molecule has 0 aliphatic carbocycles. The summed E-state index contributed by atoms with van der Waals surface area (Å²) >= 11 is 13.1. The topological polar surface area (TPSA) is 42.0 Å². The van der Waals surface area contributed by atoms with E-state index in [0.29, 0.717) is 19.1 Å². The third kappa shape index (κ3) is 3.64. The van der Waals surface area contributed by atoms with Crippen LogP contribution in [0.5, 0.6) is 0 Å². The van der Waals surface area contributed by atoms with Crippen LogP contribution in [0.3, 0.4) is 0 Å². The molecular weight excluding hydrogens is 401 g/mol. The lowest BCUT2D eigenvalue weighted by Gasteiger charge is -2.08. The minimum absolute atomic E-state index is 0.172. The van der Waals surface area contributed by atoms with Gasteiger partial charge in [0.05, 0.1) is 15.5 Å². The number of aromatic nitrogens is 1. The van der Waals surface area contributed by atoms with Gasteiger partial charge in [-0.2, -0.15) is 13.2 Å². The van der Waals surface area contributed by atoms with E-state index >= 15 is 0 Å². The quantitative estimate of drug-likeness (QED) is 0.564. The average Bonchev–Trinajstić information content (AvgIpc) is 3.05. The number of halogens is 4. The second-order valence-electron chi connectivity index (χ2n) is 4.61. The normalized spacial score (nSPS) is 16.8. The van der Waals surface area contributed by atoms with E-state index in [1.54, 1.807) is 6.08 Å². The summed E-state index contributed by atoms with van der Waals surface area (Å²) in [7, 11) is 0. The first-order valence-electron chi connectivity index (χ1n) is 6.32. The summed E-state index contributed by atoms with van der Waals surface area (Å²) in [4.78, 5) is 16.7. The number of carbonyl (C=O) groups excluding carboxylic acids is 1. The molecule has 0 atom stereocenters. The maximum absolute atomic E-state index is 12.8. The summed E-state index contributed by atoms with van der Waals surface area (Å²) in [5, 5.41) is 2.99. The van der Waals surface area contributed by atoms with Crippen LogP contribution in [0.2, 0.25) is 5.02 Å². The summed E-state index contributed by atoms with van der Waals surface area (Å²) in [6, 6.07) is 3.07.